The molecule has 1 heterocycles. The van der Waals surface area contributed by atoms with Crippen LogP contribution in [0.3, 0.4) is 0 Å². The van der Waals surface area contributed by atoms with E-state index in [9.17, 15) is 0 Å². The van der Waals surface area contributed by atoms with Crippen LogP contribution >= 0.6 is 15.9 Å². The van der Waals surface area contributed by atoms with E-state index in [0.29, 0.717) is 6.04 Å². The van der Waals surface area contributed by atoms with Gasteiger partial charge in [0, 0.05) is 16.6 Å². The number of anilines is 3. The molecule has 0 amide bonds. The number of nitrogens with zero attached hydrogens (tertiary/aromatic N) is 2. The van der Waals surface area contributed by atoms with Crippen molar-refractivity contribution in [3.8, 4) is 0 Å². The van der Waals surface area contributed by atoms with Crippen LogP contribution < -0.4 is 10.6 Å². The molecule has 0 fully saturated rings. The summed E-state index contributed by atoms with van der Waals surface area (Å²) in [5.74, 6) is 1.60. The summed E-state index contributed by atoms with van der Waals surface area (Å²) >= 11 is 3.50. The van der Waals surface area contributed by atoms with Gasteiger partial charge in [0.25, 0.3) is 0 Å². The quantitative estimate of drug-likeness (QED) is 0.867. The van der Waals surface area contributed by atoms with E-state index >= 15 is 0 Å². The Morgan fingerprint density at radius 1 is 1.21 bits per heavy atom. The molecule has 0 bridgehead atoms. The second-order valence-electron chi connectivity index (χ2n) is 4.35. The minimum atomic E-state index is 0.395. The molecule has 4 nitrogen and oxygen atoms in total. The van der Waals surface area contributed by atoms with E-state index < -0.39 is 0 Å². The lowest BCUT2D eigenvalue weighted by molar-refractivity contribution is 0.758. The smallest absolute Gasteiger partial charge is 0.135 e. The maximum atomic E-state index is 4.23. The minimum absolute atomic E-state index is 0.395. The van der Waals surface area contributed by atoms with Crippen molar-refractivity contribution < 1.29 is 0 Å². The van der Waals surface area contributed by atoms with Gasteiger partial charge in [-0.1, -0.05) is 19.1 Å². The zero-order chi connectivity index (χ0) is 13.7. The first kappa shape index (κ1) is 13.8. The van der Waals surface area contributed by atoms with Gasteiger partial charge in [0.05, 0.1) is 5.69 Å². The van der Waals surface area contributed by atoms with Crippen molar-refractivity contribution in [2.45, 2.75) is 26.3 Å². The zero-order valence-corrected chi connectivity index (χ0v) is 12.6. The predicted molar refractivity (Wildman–Crippen MR) is 82.8 cm³/mol. The zero-order valence-electron chi connectivity index (χ0n) is 11.0. The molecule has 0 aliphatic carbocycles. The summed E-state index contributed by atoms with van der Waals surface area (Å²) in [5.41, 5.74) is 0.982. The highest BCUT2D eigenvalue weighted by molar-refractivity contribution is 9.10. The first-order chi connectivity index (χ1) is 9.19. The molecule has 0 aliphatic rings. The van der Waals surface area contributed by atoms with Crippen LogP contribution in [0.1, 0.15) is 20.3 Å². The molecule has 2 aromatic rings. The second-order valence-corrected chi connectivity index (χ2v) is 5.20. The molecule has 100 valence electrons. The number of rotatable bonds is 5. The number of aromatic nitrogens is 2. The third kappa shape index (κ3) is 3.92. The molecule has 0 saturated heterocycles. The third-order valence-electron chi connectivity index (χ3n) is 2.81. The Labute approximate surface area is 121 Å². The summed E-state index contributed by atoms with van der Waals surface area (Å²) in [4.78, 5) is 8.44. The van der Waals surface area contributed by atoms with Gasteiger partial charge >= 0.3 is 0 Å². The highest BCUT2D eigenvalue weighted by atomic mass is 79.9. The van der Waals surface area contributed by atoms with Gasteiger partial charge in [-0.15, -0.1) is 0 Å². The monoisotopic (exact) mass is 320 g/mol. The molecule has 1 aromatic carbocycles. The normalized spacial score (nSPS) is 11.9. The summed E-state index contributed by atoms with van der Waals surface area (Å²) < 4.78 is 1.00. The molecule has 5 heteroatoms. The third-order valence-corrected chi connectivity index (χ3v) is 3.50. The van der Waals surface area contributed by atoms with Gasteiger partial charge in [-0.3, -0.25) is 0 Å². The fourth-order valence-electron chi connectivity index (χ4n) is 1.56. The Bertz CT molecular complexity index is 544. The predicted octanol–water partition coefficient (Wildman–Crippen LogP) is 4.19. The summed E-state index contributed by atoms with van der Waals surface area (Å²) in [5, 5.41) is 6.60. The number of para-hydroxylation sites is 1. The average molecular weight is 321 g/mol. The van der Waals surface area contributed by atoms with Crippen LogP contribution in [0, 0.1) is 0 Å². The standard InChI is InChI=1S/C14H17BrN4/c1-3-10(2)18-13-8-14(17-9-16-13)19-12-7-5-4-6-11(12)15/h4-10H,3H2,1-2H3,(H2,16,17,18,19). The Balaban J connectivity index is 2.13. The Hall–Kier alpha value is -1.62. The van der Waals surface area contributed by atoms with Crippen LogP contribution in [0.15, 0.2) is 41.1 Å². The molecule has 0 radical (unpaired) electrons. The lowest BCUT2D eigenvalue weighted by Gasteiger charge is -2.13. The number of benzene rings is 1. The van der Waals surface area contributed by atoms with E-state index in [1.54, 1.807) is 6.33 Å². The van der Waals surface area contributed by atoms with E-state index in [0.717, 1.165) is 28.2 Å². The van der Waals surface area contributed by atoms with Crippen molar-refractivity contribution >= 4 is 33.3 Å². The van der Waals surface area contributed by atoms with Gasteiger partial charge in [-0.25, -0.2) is 9.97 Å². The van der Waals surface area contributed by atoms with Crippen LogP contribution in [0.4, 0.5) is 17.3 Å². The van der Waals surface area contributed by atoms with Crippen LogP contribution in [0.2, 0.25) is 0 Å². The van der Waals surface area contributed by atoms with Crippen molar-refractivity contribution in [2.75, 3.05) is 10.6 Å². The molecule has 1 unspecified atom stereocenters. The minimum Gasteiger partial charge on any atom is -0.367 e. The fourth-order valence-corrected chi connectivity index (χ4v) is 1.94. The molecule has 19 heavy (non-hydrogen) atoms. The van der Waals surface area contributed by atoms with Crippen molar-refractivity contribution in [3.05, 3.63) is 41.1 Å². The van der Waals surface area contributed by atoms with Gasteiger partial charge in [0.1, 0.15) is 18.0 Å². The van der Waals surface area contributed by atoms with Crippen molar-refractivity contribution in [2.24, 2.45) is 0 Å². The summed E-state index contributed by atoms with van der Waals surface area (Å²) in [7, 11) is 0. The number of hydrogen-bond acceptors (Lipinski definition) is 4. The van der Waals surface area contributed by atoms with Crippen molar-refractivity contribution in [1.29, 1.82) is 0 Å². The summed E-state index contributed by atoms with van der Waals surface area (Å²) in [6, 6.07) is 10.2. The van der Waals surface area contributed by atoms with Crippen LogP contribution in [0.25, 0.3) is 0 Å². The SMILES string of the molecule is CCC(C)Nc1cc(Nc2ccccc2Br)ncn1. The Kier molecular flexibility index (Phi) is 4.74. The lowest BCUT2D eigenvalue weighted by Crippen LogP contribution is -2.14. The lowest BCUT2D eigenvalue weighted by atomic mass is 10.2. The van der Waals surface area contributed by atoms with Crippen molar-refractivity contribution in [1.82, 2.24) is 9.97 Å². The van der Waals surface area contributed by atoms with E-state index in [-0.39, 0.29) is 0 Å². The van der Waals surface area contributed by atoms with Crippen LogP contribution in [-0.4, -0.2) is 16.0 Å². The van der Waals surface area contributed by atoms with Crippen molar-refractivity contribution in [3.63, 3.8) is 0 Å². The maximum Gasteiger partial charge on any atom is 0.135 e. The number of nitrogens with one attached hydrogen (secondary N) is 2. The van der Waals surface area contributed by atoms with Gasteiger partial charge < -0.3 is 10.6 Å². The van der Waals surface area contributed by atoms with Gasteiger partial charge in [0.15, 0.2) is 0 Å². The molecule has 2 rings (SSSR count). The summed E-state index contributed by atoms with van der Waals surface area (Å²) in [6.45, 7) is 4.27. The van der Waals surface area contributed by atoms with Gasteiger partial charge in [0.2, 0.25) is 0 Å². The molecule has 1 aromatic heterocycles. The maximum absolute atomic E-state index is 4.23. The molecule has 0 saturated carbocycles. The topological polar surface area (TPSA) is 49.8 Å². The molecule has 0 aliphatic heterocycles. The second kappa shape index (κ2) is 6.52. The number of halogens is 1. The molecule has 2 N–H and O–H groups in total. The molecule has 0 spiro atoms. The summed E-state index contributed by atoms with van der Waals surface area (Å²) in [6.07, 6.45) is 2.61. The van der Waals surface area contributed by atoms with E-state index in [4.69, 9.17) is 0 Å². The Morgan fingerprint density at radius 3 is 2.68 bits per heavy atom. The molecular weight excluding hydrogens is 304 g/mol. The first-order valence-corrected chi connectivity index (χ1v) is 7.08. The highest BCUT2D eigenvalue weighted by Gasteiger charge is 2.04. The van der Waals surface area contributed by atoms with Gasteiger partial charge in [-0.2, -0.15) is 0 Å². The highest BCUT2D eigenvalue weighted by Crippen LogP contribution is 2.24. The first-order valence-electron chi connectivity index (χ1n) is 6.29. The van der Waals surface area contributed by atoms with Crippen LogP contribution in [0.5, 0.6) is 0 Å². The fraction of sp³-hybridized carbons (Fsp3) is 0.286. The average Bonchev–Trinajstić information content (AvgIpc) is 2.42. The molecular formula is C14H17BrN4. The van der Waals surface area contributed by atoms with Gasteiger partial charge in [-0.05, 0) is 41.4 Å². The van der Waals surface area contributed by atoms with Crippen LogP contribution in [-0.2, 0) is 0 Å². The number of hydrogen-bond donors (Lipinski definition) is 2. The molecule has 1 atom stereocenters. The van der Waals surface area contributed by atoms with E-state index in [1.165, 1.54) is 0 Å². The van der Waals surface area contributed by atoms with E-state index in [2.05, 4.69) is 50.4 Å². The largest absolute Gasteiger partial charge is 0.367 e. The van der Waals surface area contributed by atoms with E-state index in [1.807, 2.05) is 30.3 Å². The Morgan fingerprint density at radius 2 is 1.95 bits per heavy atom.